The van der Waals surface area contributed by atoms with Crippen LogP contribution in [0.2, 0.25) is 0 Å². The summed E-state index contributed by atoms with van der Waals surface area (Å²) in [4.78, 5) is 0. The summed E-state index contributed by atoms with van der Waals surface area (Å²) in [6.45, 7) is 4.15. The number of para-hydroxylation sites is 1. The van der Waals surface area contributed by atoms with Crippen molar-refractivity contribution in [3.8, 4) is 17.2 Å². The van der Waals surface area contributed by atoms with Crippen LogP contribution in [0.3, 0.4) is 0 Å². The van der Waals surface area contributed by atoms with Crippen LogP contribution >= 0.6 is 0 Å². The van der Waals surface area contributed by atoms with Crippen molar-refractivity contribution in [2.45, 2.75) is 37.8 Å². The molecular formula is C20H23NO4. The number of ether oxygens (including phenoxy) is 3. The van der Waals surface area contributed by atoms with Crippen LogP contribution in [-0.4, -0.2) is 30.1 Å². The Morgan fingerprint density at radius 3 is 2.76 bits per heavy atom. The van der Waals surface area contributed by atoms with Crippen LogP contribution < -0.4 is 19.5 Å². The van der Waals surface area contributed by atoms with Gasteiger partial charge in [0, 0.05) is 26.8 Å². The van der Waals surface area contributed by atoms with Crippen LogP contribution in [0.1, 0.15) is 31.1 Å². The van der Waals surface area contributed by atoms with E-state index in [1.165, 1.54) is 0 Å². The van der Waals surface area contributed by atoms with Crippen LogP contribution in [-0.2, 0) is 6.42 Å². The van der Waals surface area contributed by atoms with E-state index in [0.717, 1.165) is 11.1 Å². The first-order chi connectivity index (χ1) is 11.9. The molecule has 0 bridgehead atoms. The van der Waals surface area contributed by atoms with Crippen molar-refractivity contribution in [3.63, 3.8) is 0 Å². The molecule has 2 aliphatic rings. The number of nitrogens with one attached hydrogen (secondary N) is 1. The maximum atomic E-state index is 11.2. The summed E-state index contributed by atoms with van der Waals surface area (Å²) in [5, 5.41) is 14.3. The van der Waals surface area contributed by atoms with Crippen molar-refractivity contribution in [1.82, 2.24) is 5.32 Å². The molecule has 2 N–H and O–H groups in total. The van der Waals surface area contributed by atoms with E-state index < -0.39 is 17.5 Å². The van der Waals surface area contributed by atoms with Gasteiger partial charge in [0.2, 0.25) is 11.5 Å². The second-order valence-corrected chi connectivity index (χ2v) is 7.19. The molecule has 0 radical (unpaired) electrons. The van der Waals surface area contributed by atoms with Crippen molar-refractivity contribution in [3.05, 3.63) is 53.6 Å². The first kappa shape index (κ1) is 16.2. The largest absolute Gasteiger partial charge is 0.479 e. The zero-order chi connectivity index (χ0) is 17.7. The highest BCUT2D eigenvalue weighted by Crippen LogP contribution is 2.49. The molecular weight excluding hydrogens is 318 g/mol. The SMILES string of the molecule is CNCC1(O)Cc2ccccc2C1Oc1cccc2c1OC(C)(C)O2. The predicted molar refractivity (Wildman–Crippen MR) is 94.2 cm³/mol. The Morgan fingerprint density at radius 1 is 1.16 bits per heavy atom. The van der Waals surface area contributed by atoms with E-state index in [-0.39, 0.29) is 0 Å². The van der Waals surface area contributed by atoms with Crippen molar-refractivity contribution in [2.75, 3.05) is 13.6 Å². The number of aliphatic hydroxyl groups is 1. The lowest BCUT2D eigenvalue weighted by molar-refractivity contribution is -0.0564. The van der Waals surface area contributed by atoms with Gasteiger partial charge in [0.05, 0.1) is 0 Å². The average Bonchev–Trinajstić information content (AvgIpc) is 3.01. The fraction of sp³-hybridized carbons (Fsp3) is 0.400. The molecule has 2 aromatic rings. The minimum atomic E-state index is -1.02. The number of hydrogen-bond acceptors (Lipinski definition) is 5. The van der Waals surface area contributed by atoms with E-state index in [0.29, 0.717) is 30.2 Å². The highest BCUT2D eigenvalue weighted by atomic mass is 16.7. The summed E-state index contributed by atoms with van der Waals surface area (Å²) in [6.07, 6.45) is 0.0713. The first-order valence-electron chi connectivity index (χ1n) is 8.54. The number of hydrogen-bond donors (Lipinski definition) is 2. The minimum absolute atomic E-state index is 0.435. The normalized spacial score (nSPS) is 25.7. The van der Waals surface area contributed by atoms with E-state index in [1.54, 1.807) is 0 Å². The van der Waals surface area contributed by atoms with Crippen molar-refractivity contribution in [2.24, 2.45) is 0 Å². The zero-order valence-corrected chi connectivity index (χ0v) is 14.7. The van der Waals surface area contributed by atoms with Gasteiger partial charge in [-0.05, 0) is 30.3 Å². The van der Waals surface area contributed by atoms with Gasteiger partial charge in [-0.1, -0.05) is 30.3 Å². The number of fused-ring (bicyclic) bond motifs is 2. The Kier molecular flexibility index (Phi) is 3.67. The van der Waals surface area contributed by atoms with Gasteiger partial charge in [-0.25, -0.2) is 0 Å². The van der Waals surface area contributed by atoms with Crippen LogP contribution in [0.25, 0.3) is 0 Å². The molecule has 0 fully saturated rings. The van der Waals surface area contributed by atoms with Crippen LogP contribution in [0.5, 0.6) is 17.2 Å². The quantitative estimate of drug-likeness (QED) is 0.895. The highest BCUT2D eigenvalue weighted by Gasteiger charge is 2.47. The molecule has 0 saturated carbocycles. The third kappa shape index (κ3) is 2.73. The minimum Gasteiger partial charge on any atom is -0.479 e. The van der Waals surface area contributed by atoms with Crippen LogP contribution in [0, 0.1) is 0 Å². The van der Waals surface area contributed by atoms with Crippen LogP contribution in [0.15, 0.2) is 42.5 Å². The number of benzene rings is 2. The molecule has 132 valence electrons. The van der Waals surface area contributed by atoms with Gasteiger partial charge in [0.15, 0.2) is 17.6 Å². The molecule has 5 nitrogen and oxygen atoms in total. The van der Waals surface area contributed by atoms with Gasteiger partial charge in [0.25, 0.3) is 0 Å². The van der Waals surface area contributed by atoms with Gasteiger partial charge < -0.3 is 24.6 Å². The number of likely N-dealkylation sites (N-methyl/N-ethyl adjacent to an activating group) is 1. The molecule has 25 heavy (non-hydrogen) atoms. The monoisotopic (exact) mass is 341 g/mol. The molecule has 0 amide bonds. The van der Waals surface area contributed by atoms with Gasteiger partial charge in [0.1, 0.15) is 5.60 Å². The van der Waals surface area contributed by atoms with Crippen molar-refractivity contribution < 1.29 is 19.3 Å². The Morgan fingerprint density at radius 2 is 1.96 bits per heavy atom. The lowest BCUT2D eigenvalue weighted by Crippen LogP contribution is -2.45. The maximum Gasteiger partial charge on any atom is 0.246 e. The van der Waals surface area contributed by atoms with Gasteiger partial charge in [-0.15, -0.1) is 0 Å². The Labute approximate surface area is 147 Å². The van der Waals surface area contributed by atoms with Gasteiger partial charge in [-0.2, -0.15) is 0 Å². The Bertz CT molecular complexity index is 804. The number of rotatable bonds is 4. The third-order valence-corrected chi connectivity index (χ3v) is 4.70. The summed E-state index contributed by atoms with van der Waals surface area (Å²) >= 11 is 0. The molecule has 1 aliphatic heterocycles. The zero-order valence-electron chi connectivity index (χ0n) is 14.7. The molecule has 4 rings (SSSR count). The van der Waals surface area contributed by atoms with Crippen LogP contribution in [0.4, 0.5) is 0 Å². The van der Waals surface area contributed by atoms with E-state index in [1.807, 2.05) is 63.4 Å². The third-order valence-electron chi connectivity index (χ3n) is 4.70. The van der Waals surface area contributed by atoms with Gasteiger partial charge >= 0.3 is 0 Å². The van der Waals surface area contributed by atoms with Crippen molar-refractivity contribution >= 4 is 0 Å². The molecule has 2 atom stereocenters. The molecule has 2 unspecified atom stereocenters. The summed E-state index contributed by atoms with van der Waals surface area (Å²) in [5.41, 5.74) is 1.10. The standard InChI is InChI=1S/C20H23NO4/c1-19(2)24-16-10-6-9-15(17(16)25-19)23-18-14-8-5-4-7-13(14)11-20(18,22)12-21-3/h4-10,18,21-22H,11-12H2,1-3H3. The summed E-state index contributed by atoms with van der Waals surface area (Å²) in [7, 11) is 1.83. The van der Waals surface area contributed by atoms with E-state index in [9.17, 15) is 5.11 Å². The molecule has 0 aromatic heterocycles. The summed E-state index contributed by atoms with van der Waals surface area (Å²) in [5.74, 6) is 1.10. The topological polar surface area (TPSA) is 60.0 Å². The Hall–Kier alpha value is -2.24. The maximum absolute atomic E-state index is 11.2. The van der Waals surface area contributed by atoms with Crippen molar-refractivity contribution in [1.29, 1.82) is 0 Å². The van der Waals surface area contributed by atoms with E-state index in [2.05, 4.69) is 5.32 Å². The molecule has 0 saturated heterocycles. The predicted octanol–water partition coefficient (Wildman–Crippen LogP) is 2.82. The smallest absolute Gasteiger partial charge is 0.246 e. The average molecular weight is 341 g/mol. The highest BCUT2D eigenvalue weighted by molar-refractivity contribution is 5.54. The molecule has 1 heterocycles. The lowest BCUT2D eigenvalue weighted by Gasteiger charge is -2.31. The fourth-order valence-corrected chi connectivity index (χ4v) is 3.73. The second-order valence-electron chi connectivity index (χ2n) is 7.19. The molecule has 0 spiro atoms. The lowest BCUT2D eigenvalue weighted by atomic mass is 9.97. The van der Waals surface area contributed by atoms with Gasteiger partial charge in [-0.3, -0.25) is 0 Å². The summed E-state index contributed by atoms with van der Waals surface area (Å²) < 4.78 is 18.0. The van der Waals surface area contributed by atoms with E-state index in [4.69, 9.17) is 14.2 Å². The molecule has 5 heteroatoms. The molecule has 1 aliphatic carbocycles. The second kappa shape index (κ2) is 5.64. The summed E-state index contributed by atoms with van der Waals surface area (Å²) in [6, 6.07) is 13.6. The molecule has 2 aromatic carbocycles. The first-order valence-corrected chi connectivity index (χ1v) is 8.54. The fourth-order valence-electron chi connectivity index (χ4n) is 3.73. The Balaban J connectivity index is 1.72. The van der Waals surface area contributed by atoms with E-state index >= 15 is 0 Å².